The standard InChI is InChI=1S/C23H18F7NO3/c24-21(25,22(26,27)23(28,29)30)16-6-4-11-20(14-16)34-31(12-13-32)17-7-5-10-19(15-17)33-18-8-2-1-3-9-18/h1-11,14-15,32H,12-13H2. The number of para-hydroxylation sites is 1. The predicted molar refractivity (Wildman–Crippen MR) is 109 cm³/mol. The fraction of sp³-hybridized carbons (Fsp3) is 0.217. The minimum absolute atomic E-state index is 0.186. The maximum atomic E-state index is 14.1. The highest BCUT2D eigenvalue weighted by Crippen LogP contribution is 2.52. The first kappa shape index (κ1) is 25.2. The predicted octanol–water partition coefficient (Wildman–Crippen LogP) is 6.56. The van der Waals surface area contributed by atoms with Gasteiger partial charge in [0.2, 0.25) is 0 Å². The van der Waals surface area contributed by atoms with Gasteiger partial charge in [0, 0.05) is 11.6 Å². The third kappa shape index (κ3) is 5.36. The minimum atomic E-state index is -6.46. The Labute approximate surface area is 189 Å². The largest absolute Gasteiger partial charge is 0.460 e. The van der Waals surface area contributed by atoms with Gasteiger partial charge in [-0.05, 0) is 36.4 Å². The average molecular weight is 489 g/mol. The van der Waals surface area contributed by atoms with Gasteiger partial charge in [-0.3, -0.25) is 0 Å². The quantitative estimate of drug-likeness (QED) is 0.273. The number of rotatable bonds is 9. The number of hydroxylamine groups is 1. The molecule has 0 amide bonds. The summed E-state index contributed by atoms with van der Waals surface area (Å²) in [7, 11) is 0. The SMILES string of the molecule is OCCN(Oc1cccc(C(F)(F)C(F)(F)C(F)(F)F)c1)c1cccc(Oc2ccccc2)c1. The molecule has 3 rings (SSSR count). The van der Waals surface area contributed by atoms with Crippen molar-refractivity contribution >= 4 is 5.69 Å². The van der Waals surface area contributed by atoms with Crippen LogP contribution in [0.15, 0.2) is 78.9 Å². The lowest BCUT2D eigenvalue weighted by molar-refractivity contribution is -0.359. The van der Waals surface area contributed by atoms with Gasteiger partial charge in [0.05, 0.1) is 18.8 Å². The van der Waals surface area contributed by atoms with Gasteiger partial charge in [-0.25, -0.2) is 5.06 Å². The zero-order valence-electron chi connectivity index (χ0n) is 17.3. The third-order valence-corrected chi connectivity index (χ3v) is 4.55. The molecule has 0 bridgehead atoms. The van der Waals surface area contributed by atoms with Crippen molar-refractivity contribution in [3.05, 3.63) is 84.4 Å². The molecule has 182 valence electrons. The van der Waals surface area contributed by atoms with E-state index in [-0.39, 0.29) is 6.54 Å². The Morgan fingerprint density at radius 2 is 1.32 bits per heavy atom. The van der Waals surface area contributed by atoms with E-state index in [0.29, 0.717) is 29.3 Å². The number of hydrogen-bond acceptors (Lipinski definition) is 4. The molecule has 0 atom stereocenters. The van der Waals surface area contributed by atoms with Crippen LogP contribution < -0.4 is 14.6 Å². The van der Waals surface area contributed by atoms with Gasteiger partial charge in [-0.1, -0.05) is 36.4 Å². The summed E-state index contributed by atoms with van der Waals surface area (Å²) in [6.45, 7) is -0.639. The normalized spacial score (nSPS) is 12.4. The molecule has 0 spiro atoms. The molecule has 0 aliphatic heterocycles. The molecule has 0 saturated carbocycles. The fourth-order valence-corrected chi connectivity index (χ4v) is 2.88. The number of ether oxygens (including phenoxy) is 1. The lowest BCUT2D eigenvalue weighted by Crippen LogP contribution is -2.50. The highest BCUT2D eigenvalue weighted by Gasteiger charge is 2.73. The summed E-state index contributed by atoms with van der Waals surface area (Å²) >= 11 is 0. The Hall–Kier alpha value is -3.47. The van der Waals surface area contributed by atoms with Gasteiger partial charge >= 0.3 is 18.0 Å². The van der Waals surface area contributed by atoms with E-state index in [0.717, 1.165) is 17.2 Å². The van der Waals surface area contributed by atoms with Crippen molar-refractivity contribution in [2.75, 3.05) is 18.2 Å². The number of benzene rings is 3. The van der Waals surface area contributed by atoms with Crippen LogP contribution in [-0.4, -0.2) is 30.4 Å². The Morgan fingerprint density at radius 3 is 1.97 bits per heavy atom. The second kappa shape index (κ2) is 9.80. The van der Waals surface area contributed by atoms with Gasteiger partial charge in [-0.2, -0.15) is 30.7 Å². The van der Waals surface area contributed by atoms with Gasteiger partial charge < -0.3 is 14.7 Å². The van der Waals surface area contributed by atoms with Gasteiger partial charge in [0.1, 0.15) is 11.5 Å². The maximum absolute atomic E-state index is 14.1. The number of alkyl halides is 7. The molecule has 0 aliphatic carbocycles. The van der Waals surface area contributed by atoms with Crippen LogP contribution in [0.3, 0.4) is 0 Å². The van der Waals surface area contributed by atoms with Crippen LogP contribution in [-0.2, 0) is 5.92 Å². The van der Waals surface area contributed by atoms with Crippen LogP contribution in [0.5, 0.6) is 17.2 Å². The molecule has 11 heteroatoms. The zero-order valence-corrected chi connectivity index (χ0v) is 17.3. The van der Waals surface area contributed by atoms with E-state index in [9.17, 15) is 35.8 Å². The van der Waals surface area contributed by atoms with E-state index >= 15 is 0 Å². The Bertz CT molecular complexity index is 1090. The first-order valence-corrected chi connectivity index (χ1v) is 9.78. The van der Waals surface area contributed by atoms with Crippen LogP contribution in [0.1, 0.15) is 5.56 Å². The van der Waals surface area contributed by atoms with Crippen LogP contribution in [0, 0.1) is 0 Å². The van der Waals surface area contributed by atoms with E-state index in [4.69, 9.17) is 9.57 Å². The molecule has 0 saturated heterocycles. The topological polar surface area (TPSA) is 41.9 Å². The highest BCUT2D eigenvalue weighted by molar-refractivity contribution is 5.50. The van der Waals surface area contributed by atoms with E-state index in [1.54, 1.807) is 42.5 Å². The molecule has 0 unspecified atom stereocenters. The second-order valence-corrected chi connectivity index (χ2v) is 7.00. The van der Waals surface area contributed by atoms with Crippen LogP contribution in [0.4, 0.5) is 36.4 Å². The number of aliphatic hydroxyl groups is 1. The van der Waals surface area contributed by atoms with Crippen LogP contribution in [0.2, 0.25) is 0 Å². The average Bonchev–Trinajstić information content (AvgIpc) is 2.79. The summed E-state index contributed by atoms with van der Waals surface area (Å²) in [4.78, 5) is 5.44. The third-order valence-electron chi connectivity index (χ3n) is 4.55. The molecule has 0 heterocycles. The molecule has 0 aromatic heterocycles. The van der Waals surface area contributed by atoms with Crippen molar-refractivity contribution in [2.24, 2.45) is 0 Å². The summed E-state index contributed by atoms with van der Waals surface area (Å²) in [6, 6.07) is 17.7. The molecule has 3 aromatic rings. The Kier molecular flexibility index (Phi) is 7.25. The number of anilines is 1. The number of hydrogen-bond donors (Lipinski definition) is 1. The minimum Gasteiger partial charge on any atom is -0.457 e. The molecule has 0 aliphatic rings. The van der Waals surface area contributed by atoms with E-state index in [2.05, 4.69) is 0 Å². The second-order valence-electron chi connectivity index (χ2n) is 7.00. The molecule has 1 N–H and O–H groups in total. The summed E-state index contributed by atoms with van der Waals surface area (Å²) in [5, 5.41) is 10.4. The first-order valence-electron chi connectivity index (χ1n) is 9.78. The maximum Gasteiger partial charge on any atom is 0.460 e. The molecule has 0 radical (unpaired) electrons. The van der Waals surface area contributed by atoms with Crippen molar-refractivity contribution in [3.63, 3.8) is 0 Å². The van der Waals surface area contributed by atoms with Crippen molar-refractivity contribution in [1.29, 1.82) is 0 Å². The first-order chi connectivity index (χ1) is 16.0. The van der Waals surface area contributed by atoms with Gasteiger partial charge in [-0.15, -0.1) is 0 Å². The Morgan fingerprint density at radius 1 is 0.706 bits per heavy atom. The Balaban J connectivity index is 1.86. The summed E-state index contributed by atoms with van der Waals surface area (Å²) in [5.74, 6) is -11.4. The van der Waals surface area contributed by atoms with E-state index < -0.39 is 35.9 Å². The molecular weight excluding hydrogens is 471 g/mol. The smallest absolute Gasteiger partial charge is 0.457 e. The number of nitrogens with zero attached hydrogens (tertiary/aromatic N) is 1. The molecule has 0 fully saturated rings. The van der Waals surface area contributed by atoms with Crippen molar-refractivity contribution in [1.82, 2.24) is 0 Å². The van der Waals surface area contributed by atoms with E-state index in [1.165, 1.54) is 12.1 Å². The summed E-state index contributed by atoms with van der Waals surface area (Å²) in [6.07, 6.45) is -6.46. The zero-order chi connectivity index (χ0) is 25.0. The van der Waals surface area contributed by atoms with Crippen LogP contribution >= 0.6 is 0 Å². The molecule has 34 heavy (non-hydrogen) atoms. The summed E-state index contributed by atoms with van der Waals surface area (Å²) < 4.78 is 98.3. The molecule has 3 aromatic carbocycles. The van der Waals surface area contributed by atoms with Gasteiger partial charge in [0.25, 0.3) is 0 Å². The highest BCUT2D eigenvalue weighted by atomic mass is 19.4. The molecule has 4 nitrogen and oxygen atoms in total. The lowest BCUT2D eigenvalue weighted by Gasteiger charge is -2.29. The number of aliphatic hydroxyl groups excluding tert-OH is 1. The van der Waals surface area contributed by atoms with Crippen molar-refractivity contribution < 1.29 is 45.4 Å². The van der Waals surface area contributed by atoms with Crippen molar-refractivity contribution in [3.8, 4) is 17.2 Å². The van der Waals surface area contributed by atoms with Crippen molar-refractivity contribution in [2.45, 2.75) is 18.0 Å². The van der Waals surface area contributed by atoms with Crippen LogP contribution in [0.25, 0.3) is 0 Å². The fourth-order valence-electron chi connectivity index (χ4n) is 2.88. The number of halogens is 7. The lowest BCUT2D eigenvalue weighted by atomic mass is 10.0. The summed E-state index contributed by atoms with van der Waals surface area (Å²) in [5.41, 5.74) is -1.29. The van der Waals surface area contributed by atoms with Gasteiger partial charge in [0.15, 0.2) is 5.75 Å². The van der Waals surface area contributed by atoms with E-state index in [1.807, 2.05) is 0 Å². The monoisotopic (exact) mass is 489 g/mol. The molecular formula is C23H18F7NO3.